The summed E-state index contributed by atoms with van der Waals surface area (Å²) in [5.41, 5.74) is 11.7. The van der Waals surface area contributed by atoms with E-state index in [1.54, 1.807) is 0 Å². The topological polar surface area (TPSA) is 8.17 Å². The number of hydrogen-bond acceptors (Lipinski definition) is 2. The highest BCUT2D eigenvalue weighted by atomic mass is 32.1. The maximum Gasteiger partial charge on any atom is 0.0562 e. The first-order valence-corrected chi connectivity index (χ1v) is 18.2. The fraction of sp³-hybridized carbons (Fsp3) is 0. The van der Waals surface area contributed by atoms with E-state index in [-0.39, 0.29) is 0 Å². The summed E-state index contributed by atoms with van der Waals surface area (Å²) in [5.74, 6) is 0. The molecule has 0 saturated heterocycles. The lowest BCUT2D eigenvalue weighted by Gasteiger charge is -2.26. The summed E-state index contributed by atoms with van der Waals surface area (Å²) in [6.45, 7) is 0. The van der Waals surface area contributed by atoms with E-state index in [1.807, 2.05) is 11.3 Å². The fourth-order valence-electron chi connectivity index (χ4n) is 7.64. The molecular weight excluding hydrogens is 637 g/mol. The molecule has 0 spiro atoms. The van der Waals surface area contributed by atoms with Crippen LogP contribution in [0.25, 0.3) is 69.9 Å². The Balaban J connectivity index is 1.22. The van der Waals surface area contributed by atoms with E-state index in [9.17, 15) is 0 Å². The number of hydrogen-bond donors (Lipinski definition) is 0. The van der Waals surface area contributed by atoms with Gasteiger partial charge in [-0.2, -0.15) is 0 Å². The molecule has 2 aromatic heterocycles. The summed E-state index contributed by atoms with van der Waals surface area (Å²) < 4.78 is 5.02. The van der Waals surface area contributed by atoms with Crippen molar-refractivity contribution in [2.75, 3.05) is 4.90 Å². The van der Waals surface area contributed by atoms with E-state index in [2.05, 4.69) is 204 Å². The van der Waals surface area contributed by atoms with E-state index in [0.717, 1.165) is 22.7 Å². The quantitative estimate of drug-likeness (QED) is 0.171. The van der Waals surface area contributed by atoms with Crippen LogP contribution in [0, 0.1) is 0 Å². The Morgan fingerprint density at radius 3 is 1.73 bits per heavy atom. The highest BCUT2D eigenvalue weighted by Gasteiger charge is 2.20. The van der Waals surface area contributed by atoms with Crippen LogP contribution in [0.2, 0.25) is 0 Å². The number of fused-ring (bicyclic) bond motifs is 6. The Morgan fingerprint density at radius 2 is 0.961 bits per heavy atom. The monoisotopic (exact) mass is 668 g/mol. The van der Waals surface area contributed by atoms with Crippen molar-refractivity contribution in [2.45, 2.75) is 0 Å². The molecule has 2 heterocycles. The molecule has 0 aliphatic carbocycles. The lowest BCUT2D eigenvalue weighted by atomic mass is 9.99. The number of benzene rings is 8. The van der Waals surface area contributed by atoms with Crippen molar-refractivity contribution in [3.63, 3.8) is 0 Å². The highest BCUT2D eigenvalue weighted by molar-refractivity contribution is 7.25. The first-order valence-electron chi connectivity index (χ1n) is 17.4. The van der Waals surface area contributed by atoms with Gasteiger partial charge in [-0.15, -0.1) is 11.3 Å². The molecule has 0 radical (unpaired) electrons. The number of para-hydroxylation sites is 1. The third-order valence-electron chi connectivity index (χ3n) is 9.99. The smallest absolute Gasteiger partial charge is 0.0562 e. The van der Waals surface area contributed by atoms with Crippen molar-refractivity contribution in [3.8, 4) is 27.9 Å². The molecule has 2 nitrogen and oxygen atoms in total. The zero-order valence-corrected chi connectivity index (χ0v) is 28.6. The van der Waals surface area contributed by atoms with E-state index in [1.165, 1.54) is 64.2 Å². The Kier molecular flexibility index (Phi) is 7.04. The van der Waals surface area contributed by atoms with Gasteiger partial charge in [0.1, 0.15) is 0 Å². The first kappa shape index (κ1) is 29.5. The molecule has 0 atom stereocenters. The average molecular weight is 669 g/mol. The lowest BCUT2D eigenvalue weighted by molar-refractivity contribution is 1.18. The predicted molar refractivity (Wildman–Crippen MR) is 219 cm³/mol. The molecule has 0 aliphatic rings. The van der Waals surface area contributed by atoms with Gasteiger partial charge in [0, 0.05) is 53.7 Å². The van der Waals surface area contributed by atoms with Gasteiger partial charge < -0.3 is 9.47 Å². The van der Waals surface area contributed by atoms with Crippen LogP contribution in [0.4, 0.5) is 17.1 Å². The number of nitrogens with zero attached hydrogens (tertiary/aromatic N) is 2. The van der Waals surface area contributed by atoms with E-state index in [4.69, 9.17) is 0 Å². The zero-order valence-electron chi connectivity index (χ0n) is 27.8. The summed E-state index contributed by atoms with van der Waals surface area (Å²) >= 11 is 1.86. The number of anilines is 3. The fourth-order valence-corrected chi connectivity index (χ4v) is 8.78. The molecule has 0 N–H and O–H groups in total. The molecule has 0 aliphatic heterocycles. The molecule has 10 aromatic rings. The molecule has 0 saturated carbocycles. The minimum Gasteiger partial charge on any atom is -0.310 e. The third-order valence-corrected chi connectivity index (χ3v) is 11.1. The van der Waals surface area contributed by atoms with Crippen molar-refractivity contribution >= 4 is 70.4 Å². The first-order chi connectivity index (χ1) is 25.3. The number of thiophene rings is 1. The number of rotatable bonds is 6. The normalized spacial score (nSPS) is 11.5. The molecular formula is C48H32N2S. The van der Waals surface area contributed by atoms with Crippen molar-refractivity contribution in [3.05, 3.63) is 194 Å². The van der Waals surface area contributed by atoms with Crippen molar-refractivity contribution in [2.24, 2.45) is 0 Å². The molecule has 8 aromatic carbocycles. The zero-order chi connectivity index (χ0) is 33.7. The van der Waals surface area contributed by atoms with Crippen LogP contribution < -0.4 is 4.90 Å². The summed E-state index contributed by atoms with van der Waals surface area (Å²) in [6.07, 6.45) is 0. The van der Waals surface area contributed by atoms with E-state index < -0.39 is 0 Å². The number of aromatic nitrogens is 1. The van der Waals surface area contributed by atoms with Crippen LogP contribution in [0.1, 0.15) is 0 Å². The highest BCUT2D eigenvalue weighted by Crippen LogP contribution is 2.44. The van der Waals surface area contributed by atoms with Crippen LogP contribution in [0.3, 0.4) is 0 Å². The second-order valence-electron chi connectivity index (χ2n) is 13.0. The van der Waals surface area contributed by atoms with Gasteiger partial charge in [0.2, 0.25) is 0 Å². The van der Waals surface area contributed by atoms with Crippen LogP contribution in [-0.4, -0.2) is 4.57 Å². The Bertz CT molecular complexity index is 2830. The molecule has 0 bridgehead atoms. The maximum atomic E-state index is 2.42. The Labute approximate surface area is 300 Å². The third kappa shape index (κ3) is 5.01. The van der Waals surface area contributed by atoms with Crippen LogP contribution in [0.5, 0.6) is 0 Å². The van der Waals surface area contributed by atoms with Crippen molar-refractivity contribution < 1.29 is 0 Å². The second kappa shape index (κ2) is 12.2. The van der Waals surface area contributed by atoms with Crippen LogP contribution in [0.15, 0.2) is 194 Å². The van der Waals surface area contributed by atoms with Crippen LogP contribution >= 0.6 is 11.3 Å². The molecule has 0 fully saturated rings. The molecule has 10 rings (SSSR count). The maximum absolute atomic E-state index is 2.42. The standard InChI is InChI=1S/C48H32N2S/c1-4-13-33(14-5-1)34-23-25-37(26-24-34)49(39-27-29-42-41-19-10-11-22-46(41)51-47(42)32-39)38-28-30-43-45(31-38)50(36-17-8-3-9-18-36)44-21-12-20-40(48(43)44)35-15-6-2-7-16-35/h1-32H. The molecule has 0 unspecified atom stereocenters. The SMILES string of the molecule is c1ccc(-c2ccc(N(c3ccc4c(c3)sc3ccccc34)c3ccc4c5c(-c6ccccc6)cccc5n(-c5ccccc5)c4c3)cc2)cc1. The van der Waals surface area contributed by atoms with Gasteiger partial charge in [-0.05, 0) is 82.9 Å². The average Bonchev–Trinajstić information content (AvgIpc) is 3.74. The van der Waals surface area contributed by atoms with Gasteiger partial charge in [-0.3, -0.25) is 0 Å². The lowest BCUT2D eigenvalue weighted by Crippen LogP contribution is -2.10. The minimum absolute atomic E-state index is 1.11. The second-order valence-corrected chi connectivity index (χ2v) is 14.0. The van der Waals surface area contributed by atoms with E-state index in [0.29, 0.717) is 0 Å². The van der Waals surface area contributed by atoms with Gasteiger partial charge in [-0.25, -0.2) is 0 Å². The molecule has 3 heteroatoms. The van der Waals surface area contributed by atoms with Crippen molar-refractivity contribution in [1.82, 2.24) is 4.57 Å². The largest absolute Gasteiger partial charge is 0.310 e. The van der Waals surface area contributed by atoms with E-state index >= 15 is 0 Å². The van der Waals surface area contributed by atoms with Crippen molar-refractivity contribution in [1.29, 1.82) is 0 Å². The summed E-state index contributed by atoms with van der Waals surface area (Å²) in [5, 5.41) is 5.11. The molecule has 51 heavy (non-hydrogen) atoms. The van der Waals surface area contributed by atoms with Gasteiger partial charge in [0.25, 0.3) is 0 Å². The van der Waals surface area contributed by atoms with Crippen LogP contribution in [-0.2, 0) is 0 Å². The molecule has 240 valence electrons. The minimum atomic E-state index is 1.11. The summed E-state index contributed by atoms with van der Waals surface area (Å²) in [6, 6.07) is 70.4. The summed E-state index contributed by atoms with van der Waals surface area (Å²) in [7, 11) is 0. The molecule has 0 amide bonds. The summed E-state index contributed by atoms with van der Waals surface area (Å²) in [4.78, 5) is 2.41. The van der Waals surface area contributed by atoms with Gasteiger partial charge in [-0.1, -0.05) is 133 Å². The van der Waals surface area contributed by atoms with Gasteiger partial charge >= 0.3 is 0 Å². The Hall–Kier alpha value is -6.42. The van der Waals surface area contributed by atoms with Gasteiger partial charge in [0.05, 0.1) is 11.0 Å². The Morgan fingerprint density at radius 1 is 0.373 bits per heavy atom. The predicted octanol–water partition coefficient (Wildman–Crippen LogP) is 14.0. The van der Waals surface area contributed by atoms with Gasteiger partial charge in [0.15, 0.2) is 0 Å².